The maximum absolute atomic E-state index is 12.7. The van der Waals surface area contributed by atoms with Crippen LogP contribution in [0.1, 0.15) is 39.7 Å². The van der Waals surface area contributed by atoms with Crippen LogP contribution in [0.4, 0.5) is 4.79 Å². The van der Waals surface area contributed by atoms with E-state index in [1.807, 2.05) is 20.8 Å². The van der Waals surface area contributed by atoms with Crippen molar-refractivity contribution >= 4 is 28.7 Å². The van der Waals surface area contributed by atoms with E-state index in [4.69, 9.17) is 16.3 Å². The quantitative estimate of drug-likeness (QED) is 0.698. The number of nitrogens with zero attached hydrogens (tertiary/aromatic N) is 3. The van der Waals surface area contributed by atoms with Crippen molar-refractivity contribution in [1.82, 2.24) is 14.0 Å². The van der Waals surface area contributed by atoms with Gasteiger partial charge in [0, 0.05) is 31.2 Å². The summed E-state index contributed by atoms with van der Waals surface area (Å²) in [5.41, 5.74) is -0.407. The molecule has 2 aromatic rings. The second-order valence-corrected chi connectivity index (χ2v) is 8.31. The molecule has 0 saturated carbocycles. The first-order valence-electron chi connectivity index (χ1n) is 8.97. The molecule has 27 heavy (non-hydrogen) atoms. The highest BCUT2D eigenvalue weighted by atomic mass is 35.5. The molecule has 146 valence electrons. The second-order valence-electron chi connectivity index (χ2n) is 7.87. The Kier molecular flexibility index (Phi) is 5.08. The van der Waals surface area contributed by atoms with Gasteiger partial charge in [0.05, 0.1) is 11.0 Å². The van der Waals surface area contributed by atoms with Gasteiger partial charge in [-0.2, -0.15) is 0 Å². The summed E-state index contributed by atoms with van der Waals surface area (Å²) in [6, 6.07) is 4.97. The van der Waals surface area contributed by atoms with E-state index in [-0.39, 0.29) is 12.1 Å². The maximum atomic E-state index is 12.7. The molecule has 1 aromatic carbocycles. The van der Waals surface area contributed by atoms with Crippen molar-refractivity contribution in [1.29, 1.82) is 0 Å². The molecular formula is C19H24ClN3O4. The standard InChI is InChI=1S/C19H24ClN3O4/c1-19(2,3)27-18(26)22-9-7-13(8-10-22)23-15-11-12(20)5-6-14(15)21(4)16(24)17(23)25/h5-6,11,13H,7-10H2,1-4H3. The lowest BCUT2D eigenvalue weighted by Crippen LogP contribution is -2.46. The van der Waals surface area contributed by atoms with Crippen LogP contribution in [0.5, 0.6) is 0 Å². The molecular weight excluding hydrogens is 370 g/mol. The Balaban J connectivity index is 1.92. The summed E-state index contributed by atoms with van der Waals surface area (Å²) in [6.07, 6.45) is 0.771. The molecule has 2 heterocycles. The highest BCUT2D eigenvalue weighted by molar-refractivity contribution is 6.31. The highest BCUT2D eigenvalue weighted by Gasteiger charge is 2.29. The minimum Gasteiger partial charge on any atom is -0.444 e. The van der Waals surface area contributed by atoms with E-state index in [0.29, 0.717) is 42.0 Å². The van der Waals surface area contributed by atoms with Crippen molar-refractivity contribution in [2.75, 3.05) is 13.1 Å². The van der Waals surface area contributed by atoms with E-state index in [0.717, 1.165) is 0 Å². The Morgan fingerprint density at radius 3 is 2.33 bits per heavy atom. The number of amides is 1. The van der Waals surface area contributed by atoms with Crippen LogP contribution in [0, 0.1) is 0 Å². The number of aromatic nitrogens is 2. The third-order valence-corrected chi connectivity index (χ3v) is 4.98. The number of hydrogen-bond donors (Lipinski definition) is 0. The molecule has 0 unspecified atom stereocenters. The Bertz CT molecular complexity index is 995. The molecule has 1 aliphatic rings. The average Bonchev–Trinajstić information content (AvgIpc) is 2.59. The molecule has 0 spiro atoms. The highest BCUT2D eigenvalue weighted by Crippen LogP contribution is 2.26. The SMILES string of the molecule is Cn1c(=O)c(=O)n(C2CCN(C(=O)OC(C)(C)C)CC2)c2cc(Cl)ccc21. The first-order valence-corrected chi connectivity index (χ1v) is 9.35. The van der Waals surface area contributed by atoms with Crippen LogP contribution in [-0.4, -0.2) is 38.8 Å². The maximum Gasteiger partial charge on any atom is 0.410 e. The van der Waals surface area contributed by atoms with Gasteiger partial charge in [0.2, 0.25) is 0 Å². The summed E-state index contributed by atoms with van der Waals surface area (Å²) in [7, 11) is 1.58. The van der Waals surface area contributed by atoms with Crippen LogP contribution < -0.4 is 11.1 Å². The Morgan fingerprint density at radius 1 is 1.11 bits per heavy atom. The summed E-state index contributed by atoms with van der Waals surface area (Å²) < 4.78 is 8.30. The van der Waals surface area contributed by atoms with Gasteiger partial charge < -0.3 is 14.2 Å². The molecule has 0 bridgehead atoms. The second kappa shape index (κ2) is 7.03. The molecule has 8 heteroatoms. The third kappa shape index (κ3) is 3.88. The Hall–Kier alpha value is -2.28. The topological polar surface area (TPSA) is 73.5 Å². The van der Waals surface area contributed by atoms with Crippen LogP contribution >= 0.6 is 11.6 Å². The number of benzene rings is 1. The zero-order valence-corrected chi connectivity index (χ0v) is 16.7. The van der Waals surface area contributed by atoms with Crippen LogP contribution in [0.2, 0.25) is 5.02 Å². The summed E-state index contributed by atoms with van der Waals surface area (Å²) >= 11 is 6.13. The molecule has 0 aliphatic carbocycles. The fraction of sp³-hybridized carbons (Fsp3) is 0.526. The number of fused-ring (bicyclic) bond motifs is 1. The first-order chi connectivity index (χ1) is 12.6. The lowest BCUT2D eigenvalue weighted by atomic mass is 10.0. The van der Waals surface area contributed by atoms with Crippen molar-refractivity contribution in [2.45, 2.75) is 45.3 Å². The zero-order valence-electron chi connectivity index (χ0n) is 16.0. The molecule has 1 saturated heterocycles. The predicted octanol–water partition coefficient (Wildman–Crippen LogP) is 2.93. The number of carbonyl (C=O) groups excluding carboxylic acids is 1. The van der Waals surface area contributed by atoms with Gasteiger partial charge in [0.25, 0.3) is 0 Å². The van der Waals surface area contributed by atoms with Gasteiger partial charge in [0.1, 0.15) is 5.60 Å². The summed E-state index contributed by atoms with van der Waals surface area (Å²) in [4.78, 5) is 39.0. The first kappa shape index (κ1) is 19.5. The molecule has 1 aliphatic heterocycles. The van der Waals surface area contributed by atoms with E-state index in [2.05, 4.69) is 0 Å². The molecule has 0 radical (unpaired) electrons. The minimum absolute atomic E-state index is 0.175. The summed E-state index contributed by atoms with van der Waals surface area (Å²) in [5.74, 6) is 0. The van der Waals surface area contributed by atoms with E-state index in [1.165, 1.54) is 9.13 Å². The fourth-order valence-corrected chi connectivity index (χ4v) is 3.60. The molecule has 1 fully saturated rings. The van der Waals surface area contributed by atoms with Crippen molar-refractivity contribution < 1.29 is 9.53 Å². The van der Waals surface area contributed by atoms with E-state index in [9.17, 15) is 14.4 Å². The fourth-order valence-electron chi connectivity index (χ4n) is 3.43. The number of halogens is 1. The summed E-state index contributed by atoms with van der Waals surface area (Å²) in [5, 5.41) is 0.500. The van der Waals surface area contributed by atoms with Gasteiger partial charge >= 0.3 is 17.2 Å². The molecule has 3 rings (SSSR count). The Morgan fingerprint density at radius 2 is 1.74 bits per heavy atom. The van der Waals surface area contributed by atoms with E-state index in [1.54, 1.807) is 30.1 Å². The van der Waals surface area contributed by atoms with Gasteiger partial charge in [-0.25, -0.2) is 4.79 Å². The van der Waals surface area contributed by atoms with Gasteiger partial charge in [-0.05, 0) is 51.8 Å². The number of piperidine rings is 1. The number of likely N-dealkylation sites (tertiary alicyclic amines) is 1. The third-order valence-electron chi connectivity index (χ3n) is 4.75. The monoisotopic (exact) mass is 393 g/mol. The van der Waals surface area contributed by atoms with Crippen LogP contribution in [-0.2, 0) is 11.8 Å². The molecule has 1 aromatic heterocycles. The van der Waals surface area contributed by atoms with Gasteiger partial charge in [-0.3, -0.25) is 14.2 Å². The molecule has 0 atom stereocenters. The molecule has 7 nitrogen and oxygen atoms in total. The number of carbonyl (C=O) groups is 1. The lowest BCUT2D eigenvalue weighted by Gasteiger charge is -2.34. The molecule has 0 N–H and O–H groups in total. The van der Waals surface area contributed by atoms with Crippen LogP contribution in [0.15, 0.2) is 27.8 Å². The van der Waals surface area contributed by atoms with Crippen molar-refractivity contribution in [2.24, 2.45) is 7.05 Å². The number of hydrogen-bond acceptors (Lipinski definition) is 4. The van der Waals surface area contributed by atoms with E-state index < -0.39 is 16.7 Å². The van der Waals surface area contributed by atoms with Crippen molar-refractivity contribution in [3.63, 3.8) is 0 Å². The number of rotatable bonds is 1. The minimum atomic E-state index is -0.570. The lowest BCUT2D eigenvalue weighted by molar-refractivity contribution is 0.0188. The van der Waals surface area contributed by atoms with E-state index >= 15 is 0 Å². The smallest absolute Gasteiger partial charge is 0.410 e. The van der Waals surface area contributed by atoms with Crippen molar-refractivity contribution in [3.8, 4) is 0 Å². The normalized spacial score (nSPS) is 16.0. The number of aryl methyl sites for hydroxylation is 1. The van der Waals surface area contributed by atoms with Crippen molar-refractivity contribution in [3.05, 3.63) is 43.9 Å². The predicted molar refractivity (Wildman–Crippen MR) is 105 cm³/mol. The van der Waals surface area contributed by atoms with Gasteiger partial charge in [0.15, 0.2) is 0 Å². The van der Waals surface area contributed by atoms with Gasteiger partial charge in [-0.1, -0.05) is 11.6 Å². The molecule has 1 amide bonds. The average molecular weight is 394 g/mol. The van der Waals surface area contributed by atoms with Crippen LogP contribution in [0.3, 0.4) is 0 Å². The zero-order chi connectivity index (χ0) is 19.9. The largest absolute Gasteiger partial charge is 0.444 e. The summed E-state index contributed by atoms with van der Waals surface area (Å²) in [6.45, 7) is 6.40. The Labute approximate surface area is 162 Å². The van der Waals surface area contributed by atoms with Crippen LogP contribution in [0.25, 0.3) is 11.0 Å². The number of ether oxygens (including phenoxy) is 1. The van der Waals surface area contributed by atoms with Gasteiger partial charge in [-0.15, -0.1) is 0 Å².